The summed E-state index contributed by atoms with van der Waals surface area (Å²) in [6, 6.07) is 1.41. The lowest BCUT2D eigenvalue weighted by Crippen LogP contribution is -2.53. The molecule has 0 spiro atoms. The molecule has 4 nitrogen and oxygen atoms in total. The van der Waals surface area contributed by atoms with Gasteiger partial charge in [0.25, 0.3) is 0 Å². The fourth-order valence-electron chi connectivity index (χ4n) is 2.35. The van der Waals surface area contributed by atoms with Gasteiger partial charge >= 0.3 is 0 Å². The minimum atomic E-state index is -0.829. The van der Waals surface area contributed by atoms with Crippen LogP contribution in [0.5, 0.6) is 0 Å². The van der Waals surface area contributed by atoms with Crippen molar-refractivity contribution in [2.24, 2.45) is 17.1 Å². The van der Waals surface area contributed by atoms with E-state index < -0.39 is 11.2 Å². The third-order valence-corrected chi connectivity index (χ3v) is 3.71. The van der Waals surface area contributed by atoms with Gasteiger partial charge in [0.05, 0.1) is 22.3 Å². The highest BCUT2D eigenvalue weighted by Crippen LogP contribution is 2.46. The molecular weight excluding hydrogens is 253 g/mol. The molecule has 0 atom stereocenters. The van der Waals surface area contributed by atoms with Crippen molar-refractivity contribution in [3.05, 3.63) is 24.3 Å². The molecule has 18 heavy (non-hydrogen) atoms. The molecule has 3 N–H and O–H groups in total. The largest absolute Gasteiger partial charge is 0.392 e. The van der Waals surface area contributed by atoms with E-state index >= 15 is 0 Å². The number of nitrogens with one attached hydrogen (secondary N) is 1. The van der Waals surface area contributed by atoms with E-state index in [9.17, 15) is 9.18 Å². The first kappa shape index (κ1) is 12.9. The van der Waals surface area contributed by atoms with Crippen molar-refractivity contribution < 1.29 is 9.18 Å². The number of amides is 1. The number of rotatable bonds is 3. The second-order valence-corrected chi connectivity index (χ2v) is 5.21. The Labute approximate surface area is 110 Å². The molecule has 2 rings (SSSR count). The van der Waals surface area contributed by atoms with Crippen molar-refractivity contribution in [1.29, 1.82) is 0 Å². The Morgan fingerprint density at radius 3 is 2.83 bits per heavy atom. The number of thiocarbonyl (C=S) groups is 1. The zero-order valence-corrected chi connectivity index (χ0v) is 10.8. The summed E-state index contributed by atoms with van der Waals surface area (Å²) < 4.78 is 13.4. The number of carbonyl (C=O) groups excluding carboxylic acids is 1. The van der Waals surface area contributed by atoms with Crippen LogP contribution in [0.15, 0.2) is 18.5 Å². The first-order valence-corrected chi connectivity index (χ1v) is 6.07. The maximum Gasteiger partial charge on any atom is 0.237 e. The number of hydrogen-bond acceptors (Lipinski definition) is 3. The molecule has 0 saturated heterocycles. The van der Waals surface area contributed by atoms with Crippen LogP contribution in [0, 0.1) is 17.2 Å². The second-order valence-electron chi connectivity index (χ2n) is 4.77. The number of aromatic nitrogens is 1. The Hall–Kier alpha value is -1.56. The Morgan fingerprint density at radius 1 is 1.67 bits per heavy atom. The summed E-state index contributed by atoms with van der Waals surface area (Å²) in [6.45, 7) is 2.02. The van der Waals surface area contributed by atoms with E-state index in [1.165, 1.54) is 12.3 Å². The van der Waals surface area contributed by atoms with Gasteiger partial charge in [-0.1, -0.05) is 19.1 Å². The lowest BCUT2D eigenvalue weighted by Gasteiger charge is -2.44. The fraction of sp³-hybridized carbons (Fsp3) is 0.417. The molecule has 0 aliphatic heterocycles. The minimum absolute atomic E-state index is 0.102. The number of nitrogens with two attached hydrogens (primary N) is 1. The summed E-state index contributed by atoms with van der Waals surface area (Å²) in [5, 5.41) is 2.53. The lowest BCUT2D eigenvalue weighted by molar-refractivity contribution is -0.127. The second kappa shape index (κ2) is 4.61. The Morgan fingerprint density at radius 2 is 2.33 bits per heavy atom. The molecule has 1 aromatic rings. The highest BCUT2D eigenvalue weighted by atomic mass is 32.1. The Kier molecular flexibility index (Phi) is 3.30. The van der Waals surface area contributed by atoms with Crippen LogP contribution in [0.4, 0.5) is 10.1 Å². The molecule has 0 bridgehead atoms. The van der Waals surface area contributed by atoms with Crippen LogP contribution in [0.25, 0.3) is 0 Å². The van der Waals surface area contributed by atoms with Crippen molar-refractivity contribution in [2.45, 2.75) is 19.8 Å². The van der Waals surface area contributed by atoms with Gasteiger partial charge in [-0.15, -0.1) is 0 Å². The molecule has 1 fully saturated rings. The molecule has 1 heterocycles. The van der Waals surface area contributed by atoms with Crippen LogP contribution in [-0.2, 0) is 4.79 Å². The van der Waals surface area contributed by atoms with Crippen molar-refractivity contribution in [2.75, 3.05) is 5.32 Å². The van der Waals surface area contributed by atoms with Gasteiger partial charge in [-0.2, -0.15) is 0 Å². The zero-order chi connectivity index (χ0) is 13.3. The SMILES string of the molecule is CC1CC(C(=O)Nc2ccncc2F)(C(N)=S)C1. The topological polar surface area (TPSA) is 68.0 Å². The fourth-order valence-corrected chi connectivity index (χ4v) is 2.61. The summed E-state index contributed by atoms with van der Waals surface area (Å²) in [5.41, 5.74) is 4.93. The van der Waals surface area contributed by atoms with Gasteiger partial charge in [0.2, 0.25) is 5.91 Å². The summed E-state index contributed by atoms with van der Waals surface area (Å²) in [7, 11) is 0. The first-order valence-electron chi connectivity index (χ1n) is 5.66. The average molecular weight is 267 g/mol. The molecule has 0 unspecified atom stereocenters. The molecule has 96 valence electrons. The van der Waals surface area contributed by atoms with Gasteiger partial charge in [0.1, 0.15) is 0 Å². The molecule has 6 heteroatoms. The number of pyridine rings is 1. The van der Waals surface area contributed by atoms with E-state index in [0.29, 0.717) is 18.8 Å². The average Bonchev–Trinajstić information content (AvgIpc) is 2.27. The van der Waals surface area contributed by atoms with E-state index in [1.54, 1.807) is 0 Å². The monoisotopic (exact) mass is 267 g/mol. The van der Waals surface area contributed by atoms with Gasteiger partial charge < -0.3 is 11.1 Å². The Balaban J connectivity index is 2.17. The normalized spacial score (nSPS) is 26.2. The maximum absolute atomic E-state index is 13.4. The van der Waals surface area contributed by atoms with Crippen LogP contribution in [0.3, 0.4) is 0 Å². The molecule has 1 aliphatic carbocycles. The van der Waals surface area contributed by atoms with Crippen molar-refractivity contribution in [1.82, 2.24) is 4.98 Å². The Bertz CT molecular complexity index is 500. The molecule has 0 aromatic carbocycles. The third-order valence-electron chi connectivity index (χ3n) is 3.32. The van der Waals surface area contributed by atoms with Gasteiger partial charge in [-0.05, 0) is 24.8 Å². The maximum atomic E-state index is 13.4. The van der Waals surface area contributed by atoms with Crippen molar-refractivity contribution in [3.63, 3.8) is 0 Å². The van der Waals surface area contributed by atoms with Crippen molar-refractivity contribution >= 4 is 28.8 Å². The molecule has 1 amide bonds. The van der Waals surface area contributed by atoms with E-state index in [0.717, 1.165) is 6.20 Å². The van der Waals surface area contributed by atoms with Crippen LogP contribution >= 0.6 is 12.2 Å². The van der Waals surface area contributed by atoms with E-state index in [1.807, 2.05) is 6.92 Å². The van der Waals surface area contributed by atoms with Gasteiger partial charge in [-0.3, -0.25) is 9.78 Å². The molecule has 1 saturated carbocycles. The number of halogens is 1. The highest BCUT2D eigenvalue weighted by Gasteiger charge is 2.50. The highest BCUT2D eigenvalue weighted by molar-refractivity contribution is 7.80. The number of hydrogen-bond donors (Lipinski definition) is 2. The summed E-state index contributed by atoms with van der Waals surface area (Å²) >= 11 is 4.97. The lowest BCUT2D eigenvalue weighted by atomic mass is 9.62. The standard InChI is InChI=1S/C12H14FN3OS/c1-7-4-12(5-7,10(14)18)11(17)16-9-2-3-15-6-8(9)13/h2-3,6-7H,4-5H2,1H3,(H2,14,18)(H,15,16,17). The smallest absolute Gasteiger partial charge is 0.237 e. The summed E-state index contributed by atoms with van der Waals surface area (Å²) in [5.74, 6) is -0.506. The van der Waals surface area contributed by atoms with E-state index in [-0.39, 0.29) is 16.6 Å². The molecule has 0 radical (unpaired) electrons. The van der Waals surface area contributed by atoms with Crippen LogP contribution in [0.1, 0.15) is 19.8 Å². The quantitative estimate of drug-likeness (QED) is 0.820. The van der Waals surface area contributed by atoms with Crippen LogP contribution in [0.2, 0.25) is 0 Å². The summed E-state index contributed by atoms with van der Waals surface area (Å²) in [4.78, 5) is 16.0. The number of anilines is 1. The predicted molar refractivity (Wildman–Crippen MR) is 70.4 cm³/mol. The van der Waals surface area contributed by atoms with Crippen molar-refractivity contribution in [3.8, 4) is 0 Å². The predicted octanol–water partition coefficient (Wildman–Crippen LogP) is 1.86. The first-order chi connectivity index (χ1) is 8.45. The van der Waals surface area contributed by atoms with Crippen LogP contribution < -0.4 is 11.1 Å². The zero-order valence-electron chi connectivity index (χ0n) is 9.94. The van der Waals surface area contributed by atoms with Gasteiger partial charge in [0, 0.05) is 6.20 Å². The molecule has 1 aliphatic rings. The number of carbonyl (C=O) groups is 1. The van der Waals surface area contributed by atoms with E-state index in [2.05, 4.69) is 10.3 Å². The van der Waals surface area contributed by atoms with Crippen LogP contribution in [-0.4, -0.2) is 15.9 Å². The third kappa shape index (κ3) is 2.08. The molecular formula is C12H14FN3OS. The van der Waals surface area contributed by atoms with Gasteiger partial charge in [0.15, 0.2) is 5.82 Å². The van der Waals surface area contributed by atoms with E-state index in [4.69, 9.17) is 18.0 Å². The summed E-state index contributed by atoms with van der Waals surface area (Å²) in [6.07, 6.45) is 3.68. The minimum Gasteiger partial charge on any atom is -0.392 e. The van der Waals surface area contributed by atoms with Gasteiger partial charge in [-0.25, -0.2) is 4.39 Å². The number of nitrogens with zero attached hydrogens (tertiary/aromatic N) is 1. The molecule has 1 aromatic heterocycles.